The van der Waals surface area contributed by atoms with E-state index in [1.54, 1.807) is 23.4 Å². The van der Waals surface area contributed by atoms with Gasteiger partial charge in [-0.05, 0) is 36.5 Å². The molecule has 2 aliphatic rings. The Labute approximate surface area is 152 Å². The summed E-state index contributed by atoms with van der Waals surface area (Å²) < 4.78 is 2.01. The van der Waals surface area contributed by atoms with E-state index in [0.717, 1.165) is 24.1 Å². The van der Waals surface area contributed by atoms with Crippen LogP contribution in [-0.2, 0) is 17.3 Å². The van der Waals surface area contributed by atoms with Crippen LogP contribution >= 0.6 is 0 Å². The molecule has 0 saturated heterocycles. The summed E-state index contributed by atoms with van der Waals surface area (Å²) >= 11 is 0. The van der Waals surface area contributed by atoms with Gasteiger partial charge in [0, 0.05) is 37.1 Å². The monoisotopic (exact) mass is 353 g/mol. The predicted molar refractivity (Wildman–Crippen MR) is 97.0 cm³/mol. The molecule has 1 spiro atoms. The van der Waals surface area contributed by atoms with Crippen LogP contribution < -0.4 is 5.32 Å². The summed E-state index contributed by atoms with van der Waals surface area (Å²) in [7, 11) is 1.95. The molecule has 1 aliphatic heterocycles. The summed E-state index contributed by atoms with van der Waals surface area (Å²) in [5.74, 6) is 0.254. The van der Waals surface area contributed by atoms with E-state index >= 15 is 0 Å². The minimum atomic E-state index is -0.276. The van der Waals surface area contributed by atoms with Crippen molar-refractivity contribution in [2.24, 2.45) is 7.05 Å². The largest absolute Gasteiger partial charge is 0.343 e. The van der Waals surface area contributed by atoms with Crippen LogP contribution in [0, 0.1) is 0 Å². The van der Waals surface area contributed by atoms with Gasteiger partial charge in [0.1, 0.15) is 12.2 Å². The summed E-state index contributed by atoms with van der Waals surface area (Å²) in [4.78, 5) is 35.1. The molecule has 7 heteroatoms. The van der Waals surface area contributed by atoms with Crippen LogP contribution in [0.1, 0.15) is 54.4 Å². The van der Waals surface area contributed by atoms with Crippen LogP contribution in [0.5, 0.6) is 0 Å². The minimum Gasteiger partial charge on any atom is -0.343 e. The van der Waals surface area contributed by atoms with Gasteiger partial charge in [-0.2, -0.15) is 0 Å². The molecule has 2 amide bonds. The number of hydrogen-bond donors (Lipinski definition) is 1. The van der Waals surface area contributed by atoms with E-state index in [2.05, 4.69) is 35.2 Å². The smallest absolute Gasteiger partial charge is 0.271 e. The summed E-state index contributed by atoms with van der Waals surface area (Å²) in [5.41, 5.74) is 3.09. The molecule has 7 nitrogen and oxygen atoms in total. The number of carbonyl (C=O) groups excluding carboxylic acids is 2. The van der Waals surface area contributed by atoms with Crippen LogP contribution in [0.3, 0.4) is 0 Å². The Bertz CT molecular complexity index is 868. The lowest BCUT2D eigenvalue weighted by Gasteiger charge is -2.33. The molecule has 0 bridgehead atoms. The predicted octanol–water partition coefficient (Wildman–Crippen LogP) is 2.06. The quantitative estimate of drug-likeness (QED) is 0.912. The molecule has 1 fully saturated rings. The first-order chi connectivity index (χ1) is 12.4. The van der Waals surface area contributed by atoms with E-state index in [0.29, 0.717) is 12.5 Å². The summed E-state index contributed by atoms with van der Waals surface area (Å²) in [6.45, 7) is 4.88. The van der Waals surface area contributed by atoms with Gasteiger partial charge in [0.2, 0.25) is 11.9 Å². The van der Waals surface area contributed by atoms with Gasteiger partial charge in [-0.1, -0.05) is 13.8 Å². The van der Waals surface area contributed by atoms with Gasteiger partial charge in [-0.15, -0.1) is 0 Å². The number of rotatable bonds is 4. The number of amides is 2. The molecule has 2 aromatic heterocycles. The Hall–Kier alpha value is -2.70. The van der Waals surface area contributed by atoms with Crippen molar-refractivity contribution in [1.82, 2.24) is 19.4 Å². The standard InChI is InChI=1S/C19H23N5O2/c1-12(2)14-9-13-16(23(14)3)17(26)24(11-19(13)5-6-19)10-15(25)22-18-20-7-4-8-21-18/h4,7-9,12H,5-6,10-11H2,1-3H3,(H,20,21,22,25). The fraction of sp³-hybridized carbons (Fsp3) is 0.474. The van der Waals surface area contributed by atoms with Crippen molar-refractivity contribution < 1.29 is 9.59 Å². The van der Waals surface area contributed by atoms with E-state index in [4.69, 9.17) is 0 Å². The molecule has 0 atom stereocenters. The second-order valence-electron chi connectivity index (χ2n) is 7.61. The molecular weight excluding hydrogens is 330 g/mol. The molecule has 2 aromatic rings. The maximum Gasteiger partial charge on any atom is 0.271 e. The second kappa shape index (κ2) is 5.93. The average molecular weight is 353 g/mol. The number of aromatic nitrogens is 3. The zero-order chi connectivity index (χ0) is 18.5. The Balaban J connectivity index is 1.58. The van der Waals surface area contributed by atoms with Crippen molar-refractivity contribution in [1.29, 1.82) is 0 Å². The third-order valence-corrected chi connectivity index (χ3v) is 5.42. The molecule has 3 heterocycles. The third kappa shape index (κ3) is 2.67. The van der Waals surface area contributed by atoms with Gasteiger partial charge < -0.3 is 9.47 Å². The van der Waals surface area contributed by atoms with Crippen LogP contribution in [0.4, 0.5) is 5.95 Å². The fourth-order valence-corrected chi connectivity index (χ4v) is 3.92. The van der Waals surface area contributed by atoms with Gasteiger partial charge in [0.25, 0.3) is 5.91 Å². The molecule has 0 radical (unpaired) electrons. The molecule has 1 N–H and O–H groups in total. The Kier molecular flexibility index (Phi) is 3.82. The lowest BCUT2D eigenvalue weighted by atomic mass is 9.90. The van der Waals surface area contributed by atoms with Crippen LogP contribution in [0.2, 0.25) is 0 Å². The first kappa shape index (κ1) is 16.8. The van der Waals surface area contributed by atoms with E-state index in [9.17, 15) is 9.59 Å². The summed E-state index contributed by atoms with van der Waals surface area (Å²) in [5, 5.41) is 2.66. The van der Waals surface area contributed by atoms with E-state index in [-0.39, 0.29) is 29.7 Å². The van der Waals surface area contributed by atoms with Crippen LogP contribution in [0.25, 0.3) is 0 Å². The number of nitrogens with zero attached hydrogens (tertiary/aromatic N) is 4. The van der Waals surface area contributed by atoms with Gasteiger partial charge in [0.15, 0.2) is 0 Å². The number of carbonyl (C=O) groups is 2. The number of nitrogens with one attached hydrogen (secondary N) is 1. The molecule has 136 valence electrons. The molecule has 1 aliphatic carbocycles. The maximum absolute atomic E-state index is 13.1. The topological polar surface area (TPSA) is 80.1 Å². The highest BCUT2D eigenvalue weighted by Gasteiger charge is 2.53. The lowest BCUT2D eigenvalue weighted by Crippen LogP contribution is -2.47. The normalized spacial score (nSPS) is 17.5. The van der Waals surface area contributed by atoms with Crippen molar-refractivity contribution in [3.05, 3.63) is 41.5 Å². The molecule has 0 unspecified atom stereocenters. The Morgan fingerprint density at radius 2 is 2.00 bits per heavy atom. The molecular formula is C19H23N5O2. The minimum absolute atomic E-state index is 0.0144. The first-order valence-electron chi connectivity index (χ1n) is 8.97. The number of fused-ring (bicyclic) bond motifs is 2. The Morgan fingerprint density at radius 1 is 1.31 bits per heavy atom. The summed E-state index contributed by atoms with van der Waals surface area (Å²) in [6, 6.07) is 3.88. The van der Waals surface area contributed by atoms with Gasteiger partial charge in [-0.25, -0.2) is 9.97 Å². The van der Waals surface area contributed by atoms with E-state index < -0.39 is 0 Å². The lowest BCUT2D eigenvalue weighted by molar-refractivity contribution is -0.117. The molecule has 26 heavy (non-hydrogen) atoms. The van der Waals surface area contributed by atoms with Crippen molar-refractivity contribution in [3.8, 4) is 0 Å². The molecule has 1 saturated carbocycles. The highest BCUT2D eigenvalue weighted by Crippen LogP contribution is 2.53. The maximum atomic E-state index is 13.1. The van der Waals surface area contributed by atoms with Gasteiger partial charge >= 0.3 is 0 Å². The zero-order valence-corrected chi connectivity index (χ0v) is 15.3. The molecule has 0 aromatic carbocycles. The SMILES string of the molecule is CC(C)c1cc2c(n1C)C(=O)N(CC(=O)Nc1ncccn1)CC21CC1. The summed E-state index contributed by atoms with van der Waals surface area (Å²) in [6.07, 6.45) is 5.26. The highest BCUT2D eigenvalue weighted by atomic mass is 16.2. The van der Waals surface area contributed by atoms with Crippen LogP contribution in [-0.4, -0.2) is 44.3 Å². The highest BCUT2D eigenvalue weighted by molar-refractivity contribution is 6.00. The number of anilines is 1. The van der Waals surface area contributed by atoms with Crippen molar-refractivity contribution in [2.45, 2.75) is 38.0 Å². The zero-order valence-electron chi connectivity index (χ0n) is 15.3. The first-order valence-corrected chi connectivity index (χ1v) is 8.97. The van der Waals surface area contributed by atoms with E-state index in [1.165, 1.54) is 5.69 Å². The van der Waals surface area contributed by atoms with E-state index in [1.807, 2.05) is 11.6 Å². The second-order valence-corrected chi connectivity index (χ2v) is 7.61. The fourth-order valence-electron chi connectivity index (χ4n) is 3.92. The van der Waals surface area contributed by atoms with Crippen molar-refractivity contribution in [3.63, 3.8) is 0 Å². The average Bonchev–Trinajstić information content (AvgIpc) is 3.27. The van der Waals surface area contributed by atoms with Crippen molar-refractivity contribution >= 4 is 17.8 Å². The van der Waals surface area contributed by atoms with Crippen molar-refractivity contribution in [2.75, 3.05) is 18.4 Å². The number of hydrogen-bond acceptors (Lipinski definition) is 4. The Morgan fingerprint density at radius 3 is 2.62 bits per heavy atom. The molecule has 4 rings (SSSR count). The van der Waals surface area contributed by atoms with Gasteiger partial charge in [0.05, 0.1) is 0 Å². The third-order valence-electron chi connectivity index (χ3n) is 5.42. The van der Waals surface area contributed by atoms with Crippen LogP contribution in [0.15, 0.2) is 24.5 Å². The van der Waals surface area contributed by atoms with Gasteiger partial charge in [-0.3, -0.25) is 14.9 Å².